The van der Waals surface area contributed by atoms with Crippen LogP contribution in [-0.4, -0.2) is 40.8 Å². The van der Waals surface area contributed by atoms with Crippen LogP contribution in [0.4, 0.5) is 4.79 Å². The van der Waals surface area contributed by atoms with E-state index >= 15 is 0 Å². The summed E-state index contributed by atoms with van der Waals surface area (Å²) in [5.41, 5.74) is 0. The van der Waals surface area contributed by atoms with E-state index in [9.17, 15) is 14.4 Å². The molecule has 0 radical (unpaired) electrons. The highest BCUT2D eigenvalue weighted by molar-refractivity contribution is 5.99. The fraction of sp³-hybridized carbons (Fsp3) is 0.700. The largest absolute Gasteiger partial charge is 0.465 e. The van der Waals surface area contributed by atoms with Gasteiger partial charge in [0.15, 0.2) is 0 Å². The van der Waals surface area contributed by atoms with E-state index in [0.29, 0.717) is 19.4 Å². The van der Waals surface area contributed by atoms with Crippen molar-refractivity contribution in [1.82, 2.24) is 4.90 Å². The first-order valence-electron chi connectivity index (χ1n) is 5.00. The number of likely N-dealkylation sites (tertiary alicyclic amines) is 1. The number of Topliss-reactive ketones (excluding diaryl/α,β-unsaturated/α-hetero) is 2. The number of hydrogen-bond donors (Lipinski definition) is 1. The summed E-state index contributed by atoms with van der Waals surface area (Å²) >= 11 is 0. The standard InChI is InChI=1S/C10H15NO4/c1-7(12)5-9(13)8-3-2-4-11(6-8)10(14)15/h8H,2-6H2,1H3,(H,14,15). The van der Waals surface area contributed by atoms with Crippen LogP contribution in [0.1, 0.15) is 26.2 Å². The molecule has 1 unspecified atom stereocenters. The third-order valence-electron chi connectivity index (χ3n) is 2.57. The van der Waals surface area contributed by atoms with Gasteiger partial charge in [-0.1, -0.05) is 0 Å². The summed E-state index contributed by atoms with van der Waals surface area (Å²) in [6, 6.07) is 0. The molecule has 1 rings (SSSR count). The Kier molecular flexibility index (Phi) is 3.82. The molecule has 0 saturated carbocycles. The molecule has 84 valence electrons. The van der Waals surface area contributed by atoms with Gasteiger partial charge in [0.2, 0.25) is 0 Å². The Morgan fingerprint density at radius 2 is 2.07 bits per heavy atom. The maximum absolute atomic E-state index is 11.5. The minimum absolute atomic E-state index is 0.0713. The number of rotatable bonds is 3. The van der Waals surface area contributed by atoms with Crippen molar-refractivity contribution in [2.45, 2.75) is 26.2 Å². The van der Waals surface area contributed by atoms with E-state index in [4.69, 9.17) is 5.11 Å². The van der Waals surface area contributed by atoms with E-state index in [1.165, 1.54) is 11.8 Å². The summed E-state index contributed by atoms with van der Waals surface area (Å²) in [5, 5.41) is 8.77. The average molecular weight is 213 g/mol. The quantitative estimate of drug-likeness (QED) is 0.707. The molecule has 0 bridgehead atoms. The lowest BCUT2D eigenvalue weighted by atomic mass is 9.91. The van der Waals surface area contributed by atoms with Gasteiger partial charge < -0.3 is 10.0 Å². The lowest BCUT2D eigenvalue weighted by Crippen LogP contribution is -2.41. The van der Waals surface area contributed by atoms with Crippen LogP contribution in [0.25, 0.3) is 0 Å². The molecule has 0 aliphatic carbocycles. The molecular formula is C10H15NO4. The van der Waals surface area contributed by atoms with Gasteiger partial charge in [0.05, 0.1) is 6.42 Å². The van der Waals surface area contributed by atoms with E-state index in [2.05, 4.69) is 0 Å². The molecule has 5 heteroatoms. The molecule has 0 aromatic rings. The van der Waals surface area contributed by atoms with Crippen LogP contribution in [0.2, 0.25) is 0 Å². The van der Waals surface area contributed by atoms with Gasteiger partial charge in [-0.3, -0.25) is 9.59 Å². The molecule has 0 aromatic carbocycles. The molecule has 1 amide bonds. The third kappa shape index (κ3) is 3.34. The maximum Gasteiger partial charge on any atom is 0.407 e. The van der Waals surface area contributed by atoms with Crippen LogP contribution in [0, 0.1) is 5.92 Å². The SMILES string of the molecule is CC(=O)CC(=O)C1CCCN(C(=O)O)C1. The topological polar surface area (TPSA) is 74.7 Å². The van der Waals surface area contributed by atoms with E-state index < -0.39 is 6.09 Å². The number of carboxylic acid groups (broad SMARTS) is 1. The summed E-state index contributed by atoms with van der Waals surface area (Å²) in [5.74, 6) is -0.584. The smallest absolute Gasteiger partial charge is 0.407 e. The van der Waals surface area contributed by atoms with Crippen LogP contribution in [0.3, 0.4) is 0 Å². The van der Waals surface area contributed by atoms with Crippen LogP contribution in [0.15, 0.2) is 0 Å². The van der Waals surface area contributed by atoms with Crippen LogP contribution in [0.5, 0.6) is 0 Å². The first-order chi connectivity index (χ1) is 7.00. The van der Waals surface area contributed by atoms with Crippen molar-refractivity contribution in [2.75, 3.05) is 13.1 Å². The number of piperidine rings is 1. The Morgan fingerprint density at radius 1 is 1.40 bits per heavy atom. The zero-order chi connectivity index (χ0) is 11.4. The molecule has 5 nitrogen and oxygen atoms in total. The molecule has 1 atom stereocenters. The number of hydrogen-bond acceptors (Lipinski definition) is 3. The Bertz CT molecular complexity index is 287. The van der Waals surface area contributed by atoms with E-state index in [1.807, 2.05) is 0 Å². The van der Waals surface area contributed by atoms with Crippen molar-refractivity contribution in [2.24, 2.45) is 5.92 Å². The molecule has 1 saturated heterocycles. The third-order valence-corrected chi connectivity index (χ3v) is 2.57. The molecule has 1 heterocycles. The number of ketones is 2. The van der Waals surface area contributed by atoms with Crippen LogP contribution in [-0.2, 0) is 9.59 Å². The number of carbonyl (C=O) groups excluding carboxylic acids is 2. The number of amides is 1. The molecule has 15 heavy (non-hydrogen) atoms. The molecule has 0 aromatic heterocycles. The van der Waals surface area contributed by atoms with Crippen molar-refractivity contribution in [1.29, 1.82) is 0 Å². The van der Waals surface area contributed by atoms with Gasteiger partial charge in [-0.15, -0.1) is 0 Å². The summed E-state index contributed by atoms with van der Waals surface area (Å²) in [4.78, 5) is 34.2. The summed E-state index contributed by atoms with van der Waals surface area (Å²) in [6.45, 7) is 2.09. The minimum Gasteiger partial charge on any atom is -0.465 e. The van der Waals surface area contributed by atoms with Gasteiger partial charge >= 0.3 is 6.09 Å². The van der Waals surface area contributed by atoms with Gasteiger partial charge in [-0.05, 0) is 19.8 Å². The van der Waals surface area contributed by atoms with Crippen molar-refractivity contribution in [3.63, 3.8) is 0 Å². The van der Waals surface area contributed by atoms with Gasteiger partial charge in [0, 0.05) is 19.0 Å². The van der Waals surface area contributed by atoms with Crippen molar-refractivity contribution < 1.29 is 19.5 Å². The van der Waals surface area contributed by atoms with Crippen LogP contribution < -0.4 is 0 Å². The van der Waals surface area contributed by atoms with Crippen molar-refractivity contribution >= 4 is 17.7 Å². The number of nitrogens with zero attached hydrogens (tertiary/aromatic N) is 1. The molecule has 1 aliphatic heterocycles. The second-order valence-corrected chi connectivity index (χ2v) is 3.91. The lowest BCUT2D eigenvalue weighted by molar-refractivity contribution is -0.129. The highest BCUT2D eigenvalue weighted by Crippen LogP contribution is 2.18. The van der Waals surface area contributed by atoms with Crippen molar-refractivity contribution in [3.05, 3.63) is 0 Å². The highest BCUT2D eigenvalue weighted by atomic mass is 16.4. The predicted octanol–water partition coefficient (Wildman–Crippen LogP) is 0.925. The predicted molar refractivity (Wildman–Crippen MR) is 52.6 cm³/mol. The van der Waals surface area contributed by atoms with Gasteiger partial charge in [-0.2, -0.15) is 0 Å². The Labute approximate surface area is 88.1 Å². The first kappa shape index (κ1) is 11.7. The molecule has 0 spiro atoms. The average Bonchev–Trinajstić information content (AvgIpc) is 2.17. The van der Waals surface area contributed by atoms with Gasteiger partial charge in [0.1, 0.15) is 11.6 Å². The number of carbonyl (C=O) groups is 3. The lowest BCUT2D eigenvalue weighted by Gasteiger charge is -2.29. The van der Waals surface area contributed by atoms with E-state index in [-0.39, 0.29) is 30.4 Å². The zero-order valence-corrected chi connectivity index (χ0v) is 8.73. The molecule has 1 N–H and O–H groups in total. The second-order valence-electron chi connectivity index (χ2n) is 3.91. The Morgan fingerprint density at radius 3 is 2.60 bits per heavy atom. The summed E-state index contributed by atoms with van der Waals surface area (Å²) in [6.07, 6.45) is 0.324. The second kappa shape index (κ2) is 4.91. The highest BCUT2D eigenvalue weighted by Gasteiger charge is 2.28. The molecule has 1 fully saturated rings. The van der Waals surface area contributed by atoms with Gasteiger partial charge in [0.25, 0.3) is 0 Å². The zero-order valence-electron chi connectivity index (χ0n) is 8.73. The molecule has 1 aliphatic rings. The summed E-state index contributed by atoms with van der Waals surface area (Å²) < 4.78 is 0. The molecular weight excluding hydrogens is 198 g/mol. The van der Waals surface area contributed by atoms with Gasteiger partial charge in [-0.25, -0.2) is 4.79 Å². The van der Waals surface area contributed by atoms with Crippen molar-refractivity contribution in [3.8, 4) is 0 Å². The normalized spacial score (nSPS) is 21.1. The van der Waals surface area contributed by atoms with Crippen LogP contribution >= 0.6 is 0 Å². The monoisotopic (exact) mass is 213 g/mol. The fourth-order valence-electron chi connectivity index (χ4n) is 1.80. The Hall–Kier alpha value is -1.39. The van der Waals surface area contributed by atoms with E-state index in [1.54, 1.807) is 0 Å². The maximum atomic E-state index is 11.5. The Balaban J connectivity index is 2.52. The minimum atomic E-state index is -0.990. The first-order valence-corrected chi connectivity index (χ1v) is 5.00. The van der Waals surface area contributed by atoms with E-state index in [0.717, 1.165) is 0 Å². The fourth-order valence-corrected chi connectivity index (χ4v) is 1.80. The summed E-state index contributed by atoms with van der Waals surface area (Å²) in [7, 11) is 0.